The molecule has 3 heterocycles. The van der Waals surface area contributed by atoms with Gasteiger partial charge >= 0.3 is 0 Å². The smallest absolute Gasteiger partial charge is 0.227 e. The molecule has 0 unspecified atom stereocenters. The molecule has 5 rings (SSSR count). The first kappa shape index (κ1) is 19.8. The second-order valence-corrected chi connectivity index (χ2v) is 8.54. The summed E-state index contributed by atoms with van der Waals surface area (Å²) < 4.78 is 1.84. The largest absolute Gasteiger partial charge is 0.324 e. The van der Waals surface area contributed by atoms with E-state index in [0.717, 1.165) is 34.3 Å². The van der Waals surface area contributed by atoms with E-state index in [1.165, 1.54) is 43.4 Å². The molecular weight excluding hydrogens is 383 g/mol. The van der Waals surface area contributed by atoms with Crippen LogP contribution >= 0.6 is 0 Å². The number of fused-ring (bicyclic) bond motifs is 1. The number of benzene rings is 2. The fourth-order valence-electron chi connectivity index (χ4n) is 4.31. The molecule has 1 fully saturated rings. The number of hydrogen-bond donors (Lipinski definition) is 1. The molecule has 4 aromatic rings. The standard InChI is InChI=1S/C24H27BN6/c1-30-16-20(14-27-30)18-9-17(15-31-7-3-2-4-8-31)10-22(12-18)28-24-26-13-19-11-21(25)5-6-23(19)29-24/h5-6,9-14,16H,2-4,7-8,15,25H2,1H3,(H,26,28,29). The van der Waals surface area contributed by atoms with Gasteiger partial charge < -0.3 is 5.32 Å². The van der Waals surface area contributed by atoms with Crippen LogP contribution in [0.4, 0.5) is 11.6 Å². The number of piperidine rings is 1. The predicted octanol–water partition coefficient (Wildman–Crippen LogP) is 3.02. The molecule has 31 heavy (non-hydrogen) atoms. The van der Waals surface area contributed by atoms with Crippen LogP contribution in [-0.2, 0) is 13.6 Å². The summed E-state index contributed by atoms with van der Waals surface area (Å²) >= 11 is 0. The average Bonchev–Trinajstić information content (AvgIpc) is 3.21. The summed E-state index contributed by atoms with van der Waals surface area (Å²) in [4.78, 5) is 11.8. The van der Waals surface area contributed by atoms with Gasteiger partial charge in [-0.25, -0.2) is 9.97 Å². The molecule has 1 saturated heterocycles. The van der Waals surface area contributed by atoms with E-state index in [-0.39, 0.29) is 0 Å². The Morgan fingerprint density at radius 2 is 1.87 bits per heavy atom. The van der Waals surface area contributed by atoms with E-state index in [1.54, 1.807) is 0 Å². The fraction of sp³-hybridized carbons (Fsp3) is 0.292. The average molecular weight is 410 g/mol. The molecular formula is C24H27BN6. The highest BCUT2D eigenvalue weighted by Gasteiger charge is 2.13. The third-order valence-corrected chi connectivity index (χ3v) is 5.88. The molecule has 2 aromatic carbocycles. The lowest BCUT2D eigenvalue weighted by Gasteiger charge is -2.26. The van der Waals surface area contributed by atoms with E-state index < -0.39 is 0 Å². The van der Waals surface area contributed by atoms with Gasteiger partial charge in [-0.3, -0.25) is 9.58 Å². The van der Waals surface area contributed by atoms with Crippen LogP contribution in [0.3, 0.4) is 0 Å². The van der Waals surface area contributed by atoms with Crippen molar-refractivity contribution in [1.29, 1.82) is 0 Å². The van der Waals surface area contributed by atoms with Crippen molar-refractivity contribution >= 4 is 35.8 Å². The number of aromatic nitrogens is 4. The summed E-state index contributed by atoms with van der Waals surface area (Å²) in [5, 5.41) is 8.85. The van der Waals surface area contributed by atoms with Gasteiger partial charge in [0.2, 0.25) is 5.95 Å². The first-order valence-corrected chi connectivity index (χ1v) is 11.0. The molecule has 7 heteroatoms. The number of aryl methyl sites for hydroxylation is 1. The maximum absolute atomic E-state index is 4.71. The highest BCUT2D eigenvalue weighted by atomic mass is 15.2. The van der Waals surface area contributed by atoms with Crippen molar-refractivity contribution in [2.24, 2.45) is 7.05 Å². The molecule has 1 aliphatic heterocycles. The summed E-state index contributed by atoms with van der Waals surface area (Å²) in [6, 6.07) is 12.9. The van der Waals surface area contributed by atoms with Gasteiger partial charge in [-0.05, 0) is 61.3 Å². The maximum Gasteiger partial charge on any atom is 0.227 e. The van der Waals surface area contributed by atoms with Gasteiger partial charge in [0.25, 0.3) is 0 Å². The topological polar surface area (TPSA) is 58.9 Å². The Hall–Kier alpha value is -3.19. The van der Waals surface area contributed by atoms with E-state index in [4.69, 9.17) is 4.98 Å². The van der Waals surface area contributed by atoms with E-state index >= 15 is 0 Å². The Morgan fingerprint density at radius 1 is 1.00 bits per heavy atom. The van der Waals surface area contributed by atoms with Crippen LogP contribution in [0.2, 0.25) is 0 Å². The SMILES string of the molecule is Bc1ccc2nc(Nc3cc(CN4CCCCC4)cc(-c4cnn(C)c4)c3)ncc2c1. The van der Waals surface area contributed by atoms with Crippen LogP contribution in [0.15, 0.2) is 55.0 Å². The van der Waals surface area contributed by atoms with Crippen molar-refractivity contribution in [3.8, 4) is 11.1 Å². The Labute approximate surface area is 183 Å². The second-order valence-electron chi connectivity index (χ2n) is 8.54. The van der Waals surface area contributed by atoms with Gasteiger partial charge in [0.05, 0.1) is 11.7 Å². The first-order chi connectivity index (χ1) is 15.1. The summed E-state index contributed by atoms with van der Waals surface area (Å²) in [5.41, 5.74) is 6.72. The Bertz CT molecular complexity index is 1210. The normalized spacial score (nSPS) is 14.7. The third-order valence-electron chi connectivity index (χ3n) is 5.88. The highest BCUT2D eigenvalue weighted by Crippen LogP contribution is 2.27. The molecule has 0 bridgehead atoms. The van der Waals surface area contributed by atoms with E-state index in [0.29, 0.717) is 5.95 Å². The minimum atomic E-state index is 0.614. The molecule has 2 aromatic heterocycles. The Balaban J connectivity index is 1.47. The minimum absolute atomic E-state index is 0.614. The molecule has 0 spiro atoms. The second kappa shape index (κ2) is 8.51. The quantitative estimate of drug-likeness (QED) is 0.513. The molecule has 0 amide bonds. The summed E-state index contributed by atoms with van der Waals surface area (Å²) in [6.45, 7) is 3.31. The number of hydrogen-bond acceptors (Lipinski definition) is 5. The van der Waals surface area contributed by atoms with Gasteiger partial charge in [-0.2, -0.15) is 5.10 Å². The van der Waals surface area contributed by atoms with Crippen LogP contribution in [0.5, 0.6) is 0 Å². The Kier molecular flexibility index (Phi) is 5.43. The highest BCUT2D eigenvalue weighted by molar-refractivity contribution is 6.33. The van der Waals surface area contributed by atoms with Crippen molar-refractivity contribution in [2.45, 2.75) is 25.8 Å². The lowest BCUT2D eigenvalue weighted by molar-refractivity contribution is 0.221. The van der Waals surface area contributed by atoms with Crippen LogP contribution < -0.4 is 10.8 Å². The van der Waals surface area contributed by atoms with Crippen LogP contribution in [-0.4, -0.2) is 45.6 Å². The minimum Gasteiger partial charge on any atom is -0.324 e. The fourth-order valence-corrected chi connectivity index (χ4v) is 4.31. The first-order valence-electron chi connectivity index (χ1n) is 11.0. The van der Waals surface area contributed by atoms with Crippen molar-refractivity contribution in [2.75, 3.05) is 18.4 Å². The van der Waals surface area contributed by atoms with Crippen molar-refractivity contribution in [3.63, 3.8) is 0 Å². The van der Waals surface area contributed by atoms with E-state index in [1.807, 2.05) is 30.2 Å². The predicted molar refractivity (Wildman–Crippen MR) is 129 cm³/mol. The summed E-state index contributed by atoms with van der Waals surface area (Å²) in [7, 11) is 4.03. The number of likely N-dealkylation sites (tertiary alicyclic amines) is 1. The summed E-state index contributed by atoms with van der Waals surface area (Å²) in [5.74, 6) is 0.614. The molecule has 1 N–H and O–H groups in total. The van der Waals surface area contributed by atoms with Crippen LogP contribution in [0, 0.1) is 0 Å². The summed E-state index contributed by atoms with van der Waals surface area (Å²) in [6.07, 6.45) is 9.78. The molecule has 0 saturated carbocycles. The van der Waals surface area contributed by atoms with Crippen molar-refractivity contribution in [1.82, 2.24) is 24.6 Å². The lowest BCUT2D eigenvalue weighted by atomic mass is 9.95. The van der Waals surface area contributed by atoms with E-state index in [2.05, 4.69) is 64.7 Å². The molecule has 0 radical (unpaired) electrons. The number of nitrogens with zero attached hydrogens (tertiary/aromatic N) is 5. The van der Waals surface area contributed by atoms with Gasteiger partial charge in [0, 0.05) is 42.6 Å². The van der Waals surface area contributed by atoms with Gasteiger partial charge in [-0.1, -0.05) is 24.0 Å². The van der Waals surface area contributed by atoms with Gasteiger partial charge in [0.15, 0.2) is 0 Å². The number of nitrogens with one attached hydrogen (secondary N) is 1. The third kappa shape index (κ3) is 4.62. The van der Waals surface area contributed by atoms with E-state index in [9.17, 15) is 0 Å². The van der Waals surface area contributed by atoms with Crippen LogP contribution in [0.25, 0.3) is 22.0 Å². The Morgan fingerprint density at radius 3 is 2.68 bits per heavy atom. The lowest BCUT2D eigenvalue weighted by Crippen LogP contribution is -2.29. The van der Waals surface area contributed by atoms with Crippen LogP contribution in [0.1, 0.15) is 24.8 Å². The van der Waals surface area contributed by atoms with Crippen molar-refractivity contribution in [3.05, 3.63) is 60.6 Å². The number of anilines is 2. The maximum atomic E-state index is 4.71. The molecule has 0 atom stereocenters. The monoisotopic (exact) mass is 410 g/mol. The zero-order valence-corrected chi connectivity index (χ0v) is 18.2. The number of rotatable bonds is 5. The molecule has 156 valence electrons. The van der Waals surface area contributed by atoms with Gasteiger partial charge in [-0.15, -0.1) is 0 Å². The van der Waals surface area contributed by atoms with Crippen molar-refractivity contribution < 1.29 is 0 Å². The zero-order valence-electron chi connectivity index (χ0n) is 18.2. The molecule has 0 aliphatic carbocycles. The zero-order chi connectivity index (χ0) is 21.2. The molecule has 1 aliphatic rings. The van der Waals surface area contributed by atoms with Gasteiger partial charge in [0.1, 0.15) is 7.85 Å². The molecule has 6 nitrogen and oxygen atoms in total.